The second-order valence-electron chi connectivity index (χ2n) is 8.24. The van der Waals surface area contributed by atoms with Gasteiger partial charge in [0.25, 0.3) is 11.8 Å². The second kappa shape index (κ2) is 11.2. The topological polar surface area (TPSA) is 61.4 Å². The fourth-order valence-electron chi connectivity index (χ4n) is 4.09. The van der Waals surface area contributed by atoms with E-state index in [4.69, 9.17) is 0 Å². The summed E-state index contributed by atoms with van der Waals surface area (Å²) in [5.74, 6) is 0.0501. The number of nitrogens with zero attached hydrogens (tertiary/aromatic N) is 1. The molecular weight excluding hydrogens is 374 g/mol. The van der Waals surface area contributed by atoms with Crippen LogP contribution in [0.4, 0.5) is 0 Å². The number of hydrogen-bond donors (Lipinski definition) is 2. The number of amides is 2. The third kappa shape index (κ3) is 5.27. The van der Waals surface area contributed by atoms with E-state index in [0.717, 1.165) is 43.4 Å². The normalized spacial score (nSPS) is 13.6. The summed E-state index contributed by atoms with van der Waals surface area (Å²) in [4.78, 5) is 27.6. The Morgan fingerprint density at radius 2 is 1.37 bits per heavy atom. The molecule has 1 heterocycles. The van der Waals surface area contributed by atoms with Gasteiger partial charge in [-0.15, -0.1) is 0 Å². The van der Waals surface area contributed by atoms with Gasteiger partial charge in [-0.2, -0.15) is 0 Å². The van der Waals surface area contributed by atoms with E-state index < -0.39 is 0 Å². The highest BCUT2D eigenvalue weighted by atomic mass is 16.2. The zero-order valence-corrected chi connectivity index (χ0v) is 18.4. The molecule has 0 unspecified atom stereocenters. The van der Waals surface area contributed by atoms with Gasteiger partial charge in [0.2, 0.25) is 0 Å². The quantitative estimate of drug-likeness (QED) is 0.384. The second-order valence-corrected chi connectivity index (χ2v) is 8.24. The van der Waals surface area contributed by atoms with Crippen molar-refractivity contribution in [1.29, 1.82) is 0 Å². The molecule has 0 aromatic heterocycles. The predicted octanol–water partition coefficient (Wildman–Crippen LogP) is 4.22. The molecule has 0 radical (unpaired) electrons. The van der Waals surface area contributed by atoms with E-state index >= 15 is 0 Å². The standard InChI is InChI=1S/C25H35N3O2/c1-3-5-14-26-17-19(18-27-15-6-4-2)13-16-28-24(29)21-11-7-9-20-10-8-12-22(23(20)21)25(28)30/h7-12,19,26-27H,3-6,13-18H2,1-2H3. The Bertz CT molecular complexity index is 802. The summed E-state index contributed by atoms with van der Waals surface area (Å²) in [6.07, 6.45) is 5.48. The number of unbranched alkanes of at least 4 members (excludes halogenated alkanes) is 2. The molecule has 30 heavy (non-hydrogen) atoms. The van der Waals surface area contributed by atoms with Crippen molar-refractivity contribution in [2.45, 2.75) is 46.0 Å². The molecule has 5 nitrogen and oxygen atoms in total. The van der Waals surface area contributed by atoms with Crippen LogP contribution in [0, 0.1) is 5.92 Å². The Hall–Kier alpha value is -2.24. The van der Waals surface area contributed by atoms with Crippen LogP contribution in [0.25, 0.3) is 10.8 Å². The van der Waals surface area contributed by atoms with Gasteiger partial charge in [-0.1, -0.05) is 51.0 Å². The first-order chi connectivity index (χ1) is 14.7. The molecule has 2 aromatic rings. The number of carbonyl (C=O) groups excluding carboxylic acids is 2. The number of rotatable bonds is 13. The van der Waals surface area contributed by atoms with Gasteiger partial charge in [0.1, 0.15) is 0 Å². The van der Waals surface area contributed by atoms with E-state index in [1.54, 1.807) is 0 Å². The summed E-state index contributed by atoms with van der Waals surface area (Å²) < 4.78 is 0. The summed E-state index contributed by atoms with van der Waals surface area (Å²) in [6.45, 7) is 8.67. The monoisotopic (exact) mass is 409 g/mol. The summed E-state index contributed by atoms with van der Waals surface area (Å²) in [6, 6.07) is 11.4. The lowest BCUT2D eigenvalue weighted by Gasteiger charge is -2.29. The average molecular weight is 410 g/mol. The highest BCUT2D eigenvalue weighted by Gasteiger charge is 2.32. The predicted molar refractivity (Wildman–Crippen MR) is 123 cm³/mol. The van der Waals surface area contributed by atoms with Crippen molar-refractivity contribution in [3.05, 3.63) is 47.5 Å². The molecule has 1 aliphatic heterocycles. The minimum atomic E-state index is -0.166. The number of hydrogen-bond acceptors (Lipinski definition) is 4. The molecule has 0 fully saturated rings. The van der Waals surface area contributed by atoms with Gasteiger partial charge in [-0.05, 0) is 68.9 Å². The van der Waals surface area contributed by atoms with Crippen molar-refractivity contribution >= 4 is 22.6 Å². The van der Waals surface area contributed by atoms with Gasteiger partial charge in [0.15, 0.2) is 0 Å². The molecule has 2 N–H and O–H groups in total. The fraction of sp³-hybridized carbons (Fsp3) is 0.520. The van der Waals surface area contributed by atoms with E-state index in [2.05, 4.69) is 24.5 Å². The Morgan fingerprint density at radius 3 is 1.87 bits per heavy atom. The number of nitrogens with one attached hydrogen (secondary N) is 2. The maximum atomic E-state index is 13.1. The Labute approximate surface area is 180 Å². The SMILES string of the molecule is CCCCNCC(CCN1C(=O)c2cccc3cccc(c23)C1=O)CNCCCC. The van der Waals surface area contributed by atoms with Gasteiger partial charge in [-0.25, -0.2) is 0 Å². The van der Waals surface area contributed by atoms with Crippen LogP contribution < -0.4 is 10.6 Å². The summed E-state index contributed by atoms with van der Waals surface area (Å²) in [5, 5.41) is 8.83. The first-order valence-corrected chi connectivity index (χ1v) is 11.5. The first-order valence-electron chi connectivity index (χ1n) is 11.5. The van der Waals surface area contributed by atoms with Crippen molar-refractivity contribution in [2.24, 2.45) is 5.92 Å². The molecule has 0 aliphatic carbocycles. The molecule has 2 amide bonds. The van der Waals surface area contributed by atoms with Crippen LogP contribution >= 0.6 is 0 Å². The molecule has 2 aromatic carbocycles. The maximum absolute atomic E-state index is 13.1. The van der Waals surface area contributed by atoms with E-state index in [1.807, 2.05) is 36.4 Å². The highest BCUT2D eigenvalue weighted by molar-refractivity contribution is 6.25. The number of carbonyl (C=O) groups is 2. The first kappa shape index (κ1) is 22.4. The Balaban J connectivity index is 1.67. The van der Waals surface area contributed by atoms with Crippen LogP contribution in [0.3, 0.4) is 0 Å². The van der Waals surface area contributed by atoms with Gasteiger partial charge in [0.05, 0.1) is 0 Å². The fourth-order valence-corrected chi connectivity index (χ4v) is 4.09. The molecule has 0 saturated heterocycles. The van der Waals surface area contributed by atoms with Crippen molar-refractivity contribution in [2.75, 3.05) is 32.7 Å². The van der Waals surface area contributed by atoms with Crippen LogP contribution in [0.1, 0.15) is 66.7 Å². The van der Waals surface area contributed by atoms with Crippen LogP contribution in [-0.4, -0.2) is 49.4 Å². The molecule has 0 atom stereocenters. The smallest absolute Gasteiger partial charge is 0.261 e. The minimum absolute atomic E-state index is 0.166. The number of imide groups is 1. The molecule has 5 heteroatoms. The molecule has 0 spiro atoms. The molecule has 1 aliphatic rings. The average Bonchev–Trinajstić information content (AvgIpc) is 2.77. The molecule has 0 saturated carbocycles. The largest absolute Gasteiger partial charge is 0.316 e. The zero-order chi connectivity index (χ0) is 21.3. The van der Waals surface area contributed by atoms with Crippen molar-refractivity contribution in [1.82, 2.24) is 15.5 Å². The molecule has 162 valence electrons. The van der Waals surface area contributed by atoms with E-state index in [-0.39, 0.29) is 11.8 Å². The van der Waals surface area contributed by atoms with Crippen LogP contribution in [0.15, 0.2) is 36.4 Å². The lowest BCUT2D eigenvalue weighted by Crippen LogP contribution is -2.42. The lowest BCUT2D eigenvalue weighted by atomic mass is 9.93. The van der Waals surface area contributed by atoms with E-state index in [9.17, 15) is 9.59 Å². The van der Waals surface area contributed by atoms with Gasteiger partial charge in [0, 0.05) is 23.1 Å². The third-order valence-electron chi connectivity index (χ3n) is 5.90. The molecule has 3 rings (SSSR count). The van der Waals surface area contributed by atoms with Crippen LogP contribution in [0.2, 0.25) is 0 Å². The summed E-state index contributed by atoms with van der Waals surface area (Å²) >= 11 is 0. The summed E-state index contributed by atoms with van der Waals surface area (Å²) in [5.41, 5.74) is 1.28. The Morgan fingerprint density at radius 1 is 0.833 bits per heavy atom. The van der Waals surface area contributed by atoms with Crippen molar-refractivity contribution < 1.29 is 9.59 Å². The minimum Gasteiger partial charge on any atom is -0.316 e. The van der Waals surface area contributed by atoms with Crippen molar-refractivity contribution in [3.8, 4) is 0 Å². The Kier molecular flexibility index (Phi) is 8.40. The van der Waals surface area contributed by atoms with E-state index in [0.29, 0.717) is 23.6 Å². The molecular formula is C25H35N3O2. The van der Waals surface area contributed by atoms with Crippen LogP contribution in [0.5, 0.6) is 0 Å². The van der Waals surface area contributed by atoms with Crippen LogP contribution in [-0.2, 0) is 0 Å². The molecule has 0 bridgehead atoms. The lowest BCUT2D eigenvalue weighted by molar-refractivity contribution is 0.0601. The van der Waals surface area contributed by atoms with Crippen molar-refractivity contribution in [3.63, 3.8) is 0 Å². The van der Waals surface area contributed by atoms with Gasteiger partial charge in [-0.3, -0.25) is 14.5 Å². The zero-order valence-electron chi connectivity index (χ0n) is 18.4. The van der Waals surface area contributed by atoms with Gasteiger partial charge < -0.3 is 10.6 Å². The van der Waals surface area contributed by atoms with Gasteiger partial charge >= 0.3 is 0 Å². The summed E-state index contributed by atoms with van der Waals surface area (Å²) in [7, 11) is 0. The number of benzene rings is 2. The highest BCUT2D eigenvalue weighted by Crippen LogP contribution is 2.30. The maximum Gasteiger partial charge on any atom is 0.261 e. The van der Waals surface area contributed by atoms with E-state index in [1.165, 1.54) is 30.6 Å². The third-order valence-corrected chi connectivity index (χ3v) is 5.90.